The van der Waals surface area contributed by atoms with Crippen LogP contribution in [-0.2, 0) is 29.6 Å². The zero-order chi connectivity index (χ0) is 26.2. The monoisotopic (exact) mass is 548 g/mol. The van der Waals surface area contributed by atoms with E-state index in [-0.39, 0.29) is 12.5 Å². The fraction of sp³-hybridized carbons (Fsp3) is 0.722. The number of fused-ring (bicyclic) bond motifs is 1. The smallest absolute Gasteiger partial charge is 0.378 e. The Morgan fingerprint density at radius 2 is 1.67 bits per heavy atom. The Labute approximate surface area is 200 Å². The standard InChI is InChI=1S/C18H23F6N6O5P/c19-17(20,21)8-34-36(31,35-9-18(22,23)24)11-33-16(1-2-16)7-30-10-26-12-13(27-15(25)28-14(12)30)29-3-5-32-6-4-29/h10H,1-9,11H2,(H2,25,27,28). The molecule has 11 nitrogen and oxygen atoms in total. The van der Waals surface area contributed by atoms with E-state index in [1.165, 1.54) is 6.33 Å². The van der Waals surface area contributed by atoms with E-state index in [1.807, 2.05) is 4.90 Å². The van der Waals surface area contributed by atoms with Crippen molar-refractivity contribution in [3.8, 4) is 0 Å². The number of nitrogens with two attached hydrogens (primary N) is 1. The average molecular weight is 548 g/mol. The number of hydrogen-bond acceptors (Lipinski definition) is 10. The number of morpholine rings is 1. The molecule has 0 unspecified atom stereocenters. The Balaban J connectivity index is 1.48. The van der Waals surface area contributed by atoms with E-state index in [0.29, 0.717) is 56.1 Å². The lowest BCUT2D eigenvalue weighted by molar-refractivity contribution is -0.166. The first-order chi connectivity index (χ1) is 16.8. The van der Waals surface area contributed by atoms with Crippen LogP contribution in [0.15, 0.2) is 6.33 Å². The van der Waals surface area contributed by atoms with E-state index in [0.717, 1.165) is 0 Å². The molecule has 4 rings (SSSR count). The van der Waals surface area contributed by atoms with Crippen LogP contribution in [0, 0.1) is 0 Å². The van der Waals surface area contributed by atoms with Crippen molar-refractivity contribution in [2.45, 2.75) is 37.3 Å². The molecule has 2 N–H and O–H groups in total. The topological polar surface area (TPSA) is 127 Å². The van der Waals surface area contributed by atoms with E-state index in [4.69, 9.17) is 15.2 Å². The van der Waals surface area contributed by atoms with Crippen LogP contribution in [0.25, 0.3) is 11.2 Å². The Bertz CT molecular complexity index is 1100. The second-order valence-corrected chi connectivity index (χ2v) is 10.4. The first-order valence-corrected chi connectivity index (χ1v) is 12.5. The summed E-state index contributed by atoms with van der Waals surface area (Å²) < 4.78 is 109. The second-order valence-electron chi connectivity index (χ2n) is 8.39. The molecule has 1 saturated carbocycles. The van der Waals surface area contributed by atoms with Gasteiger partial charge in [0.05, 0.1) is 31.7 Å². The molecule has 0 aromatic carbocycles. The number of hydrogen-bond donors (Lipinski definition) is 1. The zero-order valence-electron chi connectivity index (χ0n) is 18.7. The number of halogens is 6. The van der Waals surface area contributed by atoms with Crippen LogP contribution in [0.2, 0.25) is 0 Å². The van der Waals surface area contributed by atoms with Crippen molar-refractivity contribution in [3.05, 3.63) is 6.33 Å². The average Bonchev–Trinajstić information content (AvgIpc) is 3.47. The minimum absolute atomic E-state index is 0.0119. The molecule has 2 fully saturated rings. The summed E-state index contributed by atoms with van der Waals surface area (Å²) in [5.41, 5.74) is 5.67. The summed E-state index contributed by atoms with van der Waals surface area (Å²) in [4.78, 5) is 14.8. The number of imidazole rings is 1. The summed E-state index contributed by atoms with van der Waals surface area (Å²) in [6.45, 7) is -1.91. The van der Waals surface area contributed by atoms with Gasteiger partial charge in [-0.15, -0.1) is 0 Å². The molecule has 202 valence electrons. The molecular weight excluding hydrogens is 525 g/mol. The highest BCUT2D eigenvalue weighted by Gasteiger charge is 2.48. The Morgan fingerprint density at radius 3 is 2.22 bits per heavy atom. The minimum Gasteiger partial charge on any atom is -0.378 e. The third-order valence-corrected chi connectivity index (χ3v) is 6.91. The predicted octanol–water partition coefficient (Wildman–Crippen LogP) is 3.10. The first kappa shape index (κ1) is 26.9. The van der Waals surface area contributed by atoms with E-state index in [9.17, 15) is 30.9 Å². The minimum atomic E-state index is -4.93. The summed E-state index contributed by atoms with van der Waals surface area (Å²) in [5, 5.41) is 0. The number of rotatable bonds is 10. The zero-order valence-corrected chi connectivity index (χ0v) is 19.6. The van der Waals surface area contributed by atoms with Crippen LogP contribution >= 0.6 is 7.60 Å². The van der Waals surface area contributed by atoms with Gasteiger partial charge >= 0.3 is 19.9 Å². The van der Waals surface area contributed by atoms with Gasteiger partial charge in [0, 0.05) is 13.1 Å². The predicted molar refractivity (Wildman–Crippen MR) is 112 cm³/mol. The Hall–Kier alpha value is -2.20. The van der Waals surface area contributed by atoms with Gasteiger partial charge in [-0.1, -0.05) is 0 Å². The molecule has 0 atom stereocenters. The SMILES string of the molecule is Nc1nc(N2CCOCC2)c2ncn(CC3(OCP(=O)(OCC(F)(F)F)OCC(F)(F)F)CC3)c2n1. The fourth-order valence-corrected chi connectivity index (χ4v) is 4.87. The molecule has 0 radical (unpaired) electrons. The summed E-state index contributed by atoms with van der Waals surface area (Å²) >= 11 is 0. The van der Waals surface area contributed by atoms with Crippen LogP contribution in [0.4, 0.5) is 38.1 Å². The molecule has 1 aliphatic carbocycles. The van der Waals surface area contributed by atoms with Crippen LogP contribution in [0.5, 0.6) is 0 Å². The molecule has 36 heavy (non-hydrogen) atoms. The first-order valence-electron chi connectivity index (χ1n) is 10.7. The molecular formula is C18H23F6N6O5P. The van der Waals surface area contributed by atoms with Gasteiger partial charge in [-0.3, -0.25) is 13.6 Å². The summed E-state index contributed by atoms with van der Waals surface area (Å²) in [5.74, 6) is 0.498. The molecule has 0 spiro atoms. The van der Waals surface area contributed by atoms with Gasteiger partial charge in [-0.2, -0.15) is 36.3 Å². The molecule has 1 aliphatic heterocycles. The number of aromatic nitrogens is 4. The van der Waals surface area contributed by atoms with Crippen molar-refractivity contribution in [1.29, 1.82) is 0 Å². The van der Waals surface area contributed by atoms with E-state index in [2.05, 4.69) is 24.0 Å². The molecule has 18 heteroatoms. The molecule has 0 bridgehead atoms. The van der Waals surface area contributed by atoms with Gasteiger partial charge < -0.3 is 24.7 Å². The lowest BCUT2D eigenvalue weighted by Crippen LogP contribution is -2.37. The van der Waals surface area contributed by atoms with Gasteiger partial charge in [-0.25, -0.2) is 4.98 Å². The number of anilines is 2. The lowest BCUT2D eigenvalue weighted by atomic mass is 10.3. The largest absolute Gasteiger partial charge is 0.412 e. The highest BCUT2D eigenvalue weighted by Crippen LogP contribution is 2.53. The molecule has 2 aliphatic rings. The summed E-state index contributed by atoms with van der Waals surface area (Å²) in [6, 6.07) is 0. The third kappa shape index (κ3) is 6.97. The van der Waals surface area contributed by atoms with Gasteiger partial charge in [0.1, 0.15) is 6.35 Å². The molecule has 2 aromatic heterocycles. The molecule has 1 saturated heterocycles. The van der Waals surface area contributed by atoms with Crippen molar-refractivity contribution in [3.63, 3.8) is 0 Å². The lowest BCUT2D eigenvalue weighted by Gasteiger charge is -2.28. The van der Waals surface area contributed by atoms with Crippen molar-refractivity contribution in [1.82, 2.24) is 19.5 Å². The number of nitrogen functional groups attached to an aromatic ring is 1. The van der Waals surface area contributed by atoms with Crippen molar-refractivity contribution in [2.75, 3.05) is 56.5 Å². The maximum absolute atomic E-state index is 12.6. The third-order valence-electron chi connectivity index (χ3n) is 5.42. The molecule has 0 amide bonds. The van der Waals surface area contributed by atoms with E-state index >= 15 is 0 Å². The van der Waals surface area contributed by atoms with Crippen LogP contribution in [-0.4, -0.2) is 83.3 Å². The van der Waals surface area contributed by atoms with Crippen LogP contribution < -0.4 is 10.6 Å². The van der Waals surface area contributed by atoms with E-state index < -0.39 is 45.1 Å². The van der Waals surface area contributed by atoms with Crippen molar-refractivity contribution in [2.24, 2.45) is 0 Å². The number of nitrogens with zero attached hydrogens (tertiary/aromatic N) is 5. The van der Waals surface area contributed by atoms with Crippen LogP contribution in [0.3, 0.4) is 0 Å². The summed E-state index contributed by atoms with van der Waals surface area (Å²) in [7, 11) is -4.89. The van der Waals surface area contributed by atoms with Gasteiger partial charge in [0.2, 0.25) is 5.95 Å². The molecule has 3 heterocycles. The van der Waals surface area contributed by atoms with Crippen LogP contribution in [0.1, 0.15) is 12.8 Å². The Kier molecular flexibility index (Phi) is 7.41. The van der Waals surface area contributed by atoms with Gasteiger partial charge in [0.25, 0.3) is 0 Å². The second kappa shape index (κ2) is 9.93. The maximum atomic E-state index is 12.6. The quantitative estimate of drug-likeness (QED) is 0.350. The van der Waals surface area contributed by atoms with Crippen molar-refractivity contribution < 1.29 is 49.4 Å². The number of ether oxygens (including phenoxy) is 2. The number of alkyl halides is 6. The normalized spacial score (nSPS) is 18.7. The van der Waals surface area contributed by atoms with Gasteiger partial charge in [-0.05, 0) is 12.8 Å². The summed E-state index contributed by atoms with van der Waals surface area (Å²) in [6.07, 6.45) is -8.72. The highest BCUT2D eigenvalue weighted by molar-refractivity contribution is 7.53. The van der Waals surface area contributed by atoms with Crippen molar-refractivity contribution >= 4 is 30.5 Å². The highest BCUT2D eigenvalue weighted by atomic mass is 31.2. The van der Waals surface area contributed by atoms with Gasteiger partial charge in [0.15, 0.2) is 30.2 Å². The maximum Gasteiger partial charge on any atom is 0.412 e. The molecule has 2 aromatic rings. The fourth-order valence-electron chi connectivity index (χ4n) is 3.53. The Morgan fingerprint density at radius 1 is 1.06 bits per heavy atom. The van der Waals surface area contributed by atoms with E-state index in [1.54, 1.807) is 4.57 Å².